The van der Waals surface area contributed by atoms with Crippen LogP contribution in [-0.2, 0) is 33.9 Å². The predicted octanol–water partition coefficient (Wildman–Crippen LogP) is 3.29. The van der Waals surface area contributed by atoms with E-state index in [2.05, 4.69) is 20.8 Å². The third-order valence-electron chi connectivity index (χ3n) is 3.12. The molecule has 0 aliphatic rings. The number of hydrogen-bond acceptors (Lipinski definition) is 7. The Labute approximate surface area is 176 Å². The van der Waals surface area contributed by atoms with Crippen molar-refractivity contribution in [2.75, 3.05) is 6.61 Å². The molecule has 8 nitrogen and oxygen atoms in total. The van der Waals surface area contributed by atoms with Gasteiger partial charge in [0.1, 0.15) is 0 Å². The summed E-state index contributed by atoms with van der Waals surface area (Å²) < 4.78 is 181. The molecule has 0 aromatic carbocycles. The maximum atomic E-state index is 13.5. The molecule has 20 heteroatoms. The number of ether oxygens (including phenoxy) is 3. The zero-order chi connectivity index (χ0) is 26.8. The van der Waals surface area contributed by atoms with E-state index in [4.69, 9.17) is 4.55 Å². The average Bonchev–Trinajstić information content (AvgIpc) is 2.53. The molecular formula is C13H11F11O8S. The number of esters is 2. The van der Waals surface area contributed by atoms with Gasteiger partial charge in [0.15, 0.2) is 0 Å². The van der Waals surface area contributed by atoms with Gasteiger partial charge in [0.25, 0.3) is 6.10 Å². The molecule has 0 saturated carbocycles. The molecule has 0 amide bonds. The van der Waals surface area contributed by atoms with E-state index in [1.165, 1.54) is 0 Å². The zero-order valence-electron chi connectivity index (χ0n) is 15.6. The van der Waals surface area contributed by atoms with E-state index >= 15 is 0 Å². The second-order valence-electron chi connectivity index (χ2n) is 5.86. The third-order valence-corrected chi connectivity index (χ3v) is 4.08. The number of rotatable bonds is 9. The van der Waals surface area contributed by atoms with E-state index in [1.54, 1.807) is 0 Å². The summed E-state index contributed by atoms with van der Waals surface area (Å²) in [6, 6.07) is 0. The second-order valence-corrected chi connectivity index (χ2v) is 7.41. The number of carbonyl (C=O) groups is 2. The van der Waals surface area contributed by atoms with Crippen LogP contribution in [0, 0.1) is 0 Å². The first-order chi connectivity index (χ1) is 14.3. The molecule has 0 aromatic rings. The Morgan fingerprint density at radius 1 is 0.939 bits per heavy atom. The van der Waals surface area contributed by atoms with Crippen molar-refractivity contribution in [3.8, 4) is 0 Å². The molecule has 1 unspecified atom stereocenters. The molecule has 0 aliphatic heterocycles. The average molecular weight is 536 g/mol. The van der Waals surface area contributed by atoms with Crippen LogP contribution in [0.2, 0.25) is 0 Å². The SMILES string of the molecule is C=C(C)C(=O)OC(OCCC(F)(F)S(=O)(=O)O)(C(=O)OC(C(F)(F)F)C(F)(F)F)C(F)(F)F. The molecule has 0 bridgehead atoms. The summed E-state index contributed by atoms with van der Waals surface area (Å²) in [6.45, 7) is 0.983. The van der Waals surface area contributed by atoms with Gasteiger partial charge in [0, 0.05) is 5.57 Å². The fourth-order valence-corrected chi connectivity index (χ4v) is 1.89. The third kappa shape index (κ3) is 7.66. The molecule has 33 heavy (non-hydrogen) atoms. The van der Waals surface area contributed by atoms with Crippen LogP contribution >= 0.6 is 0 Å². The standard InChI is InChI=1S/C13H11F11O8S/c1-5(2)6(25)32-10(13(22,23)24,30-4-3-9(14,15)33(27,28)29)8(26)31-7(11(16,17)18)12(19,20)21/h7H,1,3-4H2,2H3,(H,27,28,29). The summed E-state index contributed by atoms with van der Waals surface area (Å²) in [4.78, 5) is 23.3. The normalized spacial score (nSPS) is 15.7. The molecular weight excluding hydrogens is 525 g/mol. The monoisotopic (exact) mass is 536 g/mol. The summed E-state index contributed by atoms with van der Waals surface area (Å²) in [6.07, 6.45) is -27.3. The molecule has 0 heterocycles. The van der Waals surface area contributed by atoms with Gasteiger partial charge in [-0.1, -0.05) is 6.58 Å². The lowest BCUT2D eigenvalue weighted by Crippen LogP contribution is -2.61. The molecule has 0 spiro atoms. The van der Waals surface area contributed by atoms with Gasteiger partial charge < -0.3 is 14.2 Å². The van der Waals surface area contributed by atoms with Gasteiger partial charge in [-0.15, -0.1) is 0 Å². The smallest absolute Gasteiger partial charge is 0.438 e. The van der Waals surface area contributed by atoms with E-state index in [0.29, 0.717) is 6.92 Å². The number of alkyl halides is 11. The van der Waals surface area contributed by atoms with Crippen molar-refractivity contribution in [3.63, 3.8) is 0 Å². The van der Waals surface area contributed by atoms with E-state index in [1.807, 2.05) is 0 Å². The Morgan fingerprint density at radius 3 is 1.67 bits per heavy atom. The van der Waals surface area contributed by atoms with E-state index in [-0.39, 0.29) is 0 Å². The predicted molar refractivity (Wildman–Crippen MR) is 78.7 cm³/mol. The van der Waals surface area contributed by atoms with Crippen LogP contribution in [0.3, 0.4) is 0 Å². The van der Waals surface area contributed by atoms with E-state index in [9.17, 15) is 66.3 Å². The molecule has 1 atom stereocenters. The summed E-state index contributed by atoms with van der Waals surface area (Å²) in [5, 5.41) is -5.27. The van der Waals surface area contributed by atoms with Gasteiger partial charge in [-0.3, -0.25) is 4.55 Å². The Bertz CT molecular complexity index is 845. The second kappa shape index (κ2) is 9.57. The van der Waals surface area contributed by atoms with Crippen LogP contribution < -0.4 is 0 Å². The molecule has 0 fully saturated rings. The molecule has 1 N–H and O–H groups in total. The molecule has 194 valence electrons. The Hall–Kier alpha value is -2.22. The molecule has 0 aliphatic carbocycles. The largest absolute Gasteiger partial charge is 0.468 e. The fraction of sp³-hybridized carbons (Fsp3) is 0.692. The van der Waals surface area contributed by atoms with Gasteiger partial charge in [0.2, 0.25) is 0 Å². The van der Waals surface area contributed by atoms with Crippen LogP contribution in [0.1, 0.15) is 13.3 Å². The fourth-order valence-electron chi connectivity index (χ4n) is 1.55. The first-order valence-corrected chi connectivity index (χ1v) is 9.02. The maximum absolute atomic E-state index is 13.5. The maximum Gasteiger partial charge on any atom is 0.468 e. The van der Waals surface area contributed by atoms with Gasteiger partial charge in [-0.25, -0.2) is 9.59 Å². The number of hydrogen-bond donors (Lipinski definition) is 1. The van der Waals surface area contributed by atoms with Crippen LogP contribution in [-0.4, -0.2) is 67.2 Å². The van der Waals surface area contributed by atoms with Crippen molar-refractivity contribution in [2.24, 2.45) is 0 Å². The highest BCUT2D eigenvalue weighted by Crippen LogP contribution is 2.41. The minimum atomic E-state index is -6.58. The summed E-state index contributed by atoms with van der Waals surface area (Å²) in [5.74, 6) is -11.5. The highest BCUT2D eigenvalue weighted by Gasteiger charge is 2.71. The molecule has 0 saturated heterocycles. The Morgan fingerprint density at radius 2 is 1.36 bits per heavy atom. The number of halogens is 11. The van der Waals surface area contributed by atoms with Crippen molar-refractivity contribution < 1.29 is 85.1 Å². The lowest BCUT2D eigenvalue weighted by molar-refractivity contribution is -0.369. The summed E-state index contributed by atoms with van der Waals surface area (Å²) in [7, 11) is -6.30. The summed E-state index contributed by atoms with van der Waals surface area (Å²) in [5.41, 5.74) is -1.04. The molecule has 0 rings (SSSR count). The van der Waals surface area contributed by atoms with Crippen LogP contribution in [0.25, 0.3) is 0 Å². The zero-order valence-corrected chi connectivity index (χ0v) is 16.4. The highest BCUT2D eigenvalue weighted by atomic mass is 32.2. The number of carbonyl (C=O) groups excluding carboxylic acids is 2. The van der Waals surface area contributed by atoms with Gasteiger partial charge >= 0.3 is 51.6 Å². The van der Waals surface area contributed by atoms with Crippen molar-refractivity contribution in [1.29, 1.82) is 0 Å². The first-order valence-electron chi connectivity index (χ1n) is 7.58. The quantitative estimate of drug-likeness (QED) is 0.157. The van der Waals surface area contributed by atoms with Crippen molar-refractivity contribution in [1.82, 2.24) is 0 Å². The lowest BCUT2D eigenvalue weighted by atomic mass is 10.2. The van der Waals surface area contributed by atoms with Crippen LogP contribution in [0.15, 0.2) is 12.2 Å². The van der Waals surface area contributed by atoms with Crippen LogP contribution in [0.5, 0.6) is 0 Å². The first kappa shape index (κ1) is 30.8. The van der Waals surface area contributed by atoms with Gasteiger partial charge in [-0.05, 0) is 6.92 Å². The highest BCUT2D eigenvalue weighted by molar-refractivity contribution is 7.86. The van der Waals surface area contributed by atoms with Crippen molar-refractivity contribution >= 4 is 22.1 Å². The van der Waals surface area contributed by atoms with E-state index < -0.39 is 76.3 Å². The molecule has 0 radical (unpaired) electrons. The van der Waals surface area contributed by atoms with Crippen LogP contribution in [0.4, 0.5) is 48.3 Å². The lowest BCUT2D eigenvalue weighted by Gasteiger charge is -2.34. The minimum absolute atomic E-state index is 0.593. The molecule has 0 aromatic heterocycles. The summed E-state index contributed by atoms with van der Waals surface area (Å²) >= 11 is 0. The minimum Gasteiger partial charge on any atom is -0.438 e. The topological polar surface area (TPSA) is 116 Å². The van der Waals surface area contributed by atoms with Gasteiger partial charge in [0.05, 0.1) is 13.0 Å². The Kier molecular flexibility index (Phi) is 8.92. The Balaban J connectivity index is 6.45. The van der Waals surface area contributed by atoms with Gasteiger partial charge in [-0.2, -0.15) is 56.7 Å². The van der Waals surface area contributed by atoms with E-state index in [0.717, 1.165) is 0 Å². The van der Waals surface area contributed by atoms with Crippen molar-refractivity contribution in [3.05, 3.63) is 12.2 Å². The van der Waals surface area contributed by atoms with Crippen molar-refractivity contribution in [2.45, 2.75) is 49.0 Å².